The molecule has 0 saturated carbocycles. The minimum absolute atomic E-state index is 0.269. The van der Waals surface area contributed by atoms with Crippen LogP contribution in [-0.4, -0.2) is 52.2 Å². The first-order valence-electron chi connectivity index (χ1n) is 8.02. The molecule has 1 aliphatic heterocycles. The average molecular weight is 334 g/mol. The maximum atomic E-state index is 11.1. The highest BCUT2D eigenvalue weighted by molar-refractivity contribution is 7.18. The predicted octanol–water partition coefficient (Wildman–Crippen LogP) is 3.18. The number of anilines is 1. The van der Waals surface area contributed by atoms with Gasteiger partial charge in [0.15, 0.2) is 0 Å². The number of aryl methyl sites for hydroxylation is 1. The van der Waals surface area contributed by atoms with Gasteiger partial charge in [0.2, 0.25) is 0 Å². The van der Waals surface area contributed by atoms with Crippen LogP contribution in [0.15, 0.2) is 6.07 Å². The van der Waals surface area contributed by atoms with Gasteiger partial charge in [0, 0.05) is 37.0 Å². The van der Waals surface area contributed by atoms with E-state index in [1.807, 2.05) is 0 Å². The van der Waals surface area contributed by atoms with Gasteiger partial charge in [0.1, 0.15) is 16.5 Å². The van der Waals surface area contributed by atoms with E-state index in [4.69, 9.17) is 15.1 Å². The Morgan fingerprint density at radius 1 is 1.30 bits per heavy atom. The molecule has 0 aromatic carbocycles. The summed E-state index contributed by atoms with van der Waals surface area (Å²) in [6, 6.07) is 2.18. The number of rotatable bonds is 3. The van der Waals surface area contributed by atoms with Crippen molar-refractivity contribution in [2.75, 3.05) is 31.1 Å². The van der Waals surface area contributed by atoms with Crippen LogP contribution in [0.1, 0.15) is 37.4 Å². The van der Waals surface area contributed by atoms with E-state index in [-0.39, 0.29) is 5.92 Å². The molecule has 2 aromatic heterocycles. The van der Waals surface area contributed by atoms with Crippen LogP contribution in [0.25, 0.3) is 10.2 Å². The molecule has 0 radical (unpaired) electrons. The Morgan fingerprint density at radius 2 is 2.00 bits per heavy atom. The Balaban J connectivity index is 1.98. The van der Waals surface area contributed by atoms with Gasteiger partial charge in [-0.1, -0.05) is 20.8 Å². The number of piperazine rings is 1. The van der Waals surface area contributed by atoms with E-state index in [9.17, 15) is 4.79 Å². The summed E-state index contributed by atoms with van der Waals surface area (Å²) >= 11 is 1.73. The lowest BCUT2D eigenvalue weighted by molar-refractivity contribution is 0.142. The highest BCUT2D eigenvalue weighted by atomic mass is 32.1. The van der Waals surface area contributed by atoms with Crippen molar-refractivity contribution < 1.29 is 9.90 Å². The highest BCUT2D eigenvalue weighted by Gasteiger charge is 2.24. The van der Waals surface area contributed by atoms with E-state index < -0.39 is 6.09 Å². The first-order valence-corrected chi connectivity index (χ1v) is 8.84. The van der Waals surface area contributed by atoms with Crippen molar-refractivity contribution in [1.82, 2.24) is 14.9 Å². The van der Waals surface area contributed by atoms with Crippen molar-refractivity contribution >= 4 is 33.5 Å². The quantitative estimate of drug-likeness (QED) is 0.933. The molecule has 6 nitrogen and oxygen atoms in total. The van der Waals surface area contributed by atoms with Crippen LogP contribution in [0.4, 0.5) is 10.6 Å². The van der Waals surface area contributed by atoms with Crippen molar-refractivity contribution in [3.63, 3.8) is 0 Å². The number of aromatic nitrogens is 2. The Hall–Kier alpha value is -1.89. The molecule has 0 atom stereocenters. The van der Waals surface area contributed by atoms with Crippen LogP contribution in [0.3, 0.4) is 0 Å². The molecular weight excluding hydrogens is 312 g/mol. The molecule has 7 heteroatoms. The van der Waals surface area contributed by atoms with Crippen molar-refractivity contribution in [2.45, 2.75) is 33.1 Å². The maximum Gasteiger partial charge on any atom is 0.407 e. The first kappa shape index (κ1) is 16.0. The number of carboxylic acid groups (broad SMARTS) is 1. The van der Waals surface area contributed by atoms with Crippen molar-refractivity contribution in [2.24, 2.45) is 0 Å². The maximum absolute atomic E-state index is 11.1. The molecule has 0 unspecified atom stereocenters. The third kappa shape index (κ3) is 3.10. The molecule has 1 fully saturated rings. The third-order valence-electron chi connectivity index (χ3n) is 4.16. The SMILES string of the molecule is CCc1cc2c(N3CCN(C(=O)O)CC3)nc(C(C)C)nc2s1. The molecule has 2 aromatic rings. The van der Waals surface area contributed by atoms with Gasteiger partial charge < -0.3 is 14.9 Å². The van der Waals surface area contributed by atoms with Gasteiger partial charge >= 0.3 is 6.09 Å². The van der Waals surface area contributed by atoms with Gasteiger partial charge in [-0.25, -0.2) is 14.8 Å². The van der Waals surface area contributed by atoms with E-state index in [2.05, 4.69) is 31.7 Å². The molecule has 3 heterocycles. The van der Waals surface area contributed by atoms with Gasteiger partial charge in [-0.15, -0.1) is 11.3 Å². The van der Waals surface area contributed by atoms with Gasteiger partial charge in [-0.05, 0) is 12.5 Å². The second-order valence-electron chi connectivity index (χ2n) is 6.10. The Kier molecular flexibility index (Phi) is 4.39. The van der Waals surface area contributed by atoms with Crippen LogP contribution in [0.2, 0.25) is 0 Å². The van der Waals surface area contributed by atoms with Crippen molar-refractivity contribution in [3.05, 3.63) is 16.8 Å². The first-order chi connectivity index (χ1) is 11.0. The standard InChI is InChI=1S/C16H22N4O2S/c1-4-11-9-12-14(17-13(10(2)3)18-15(12)23-11)19-5-7-20(8-6-19)16(21)22/h9-10H,4-8H2,1-3H3,(H,21,22). The van der Waals surface area contributed by atoms with Crippen molar-refractivity contribution in [1.29, 1.82) is 0 Å². The van der Waals surface area contributed by atoms with Gasteiger partial charge in [-0.2, -0.15) is 0 Å². The van der Waals surface area contributed by atoms with Crippen LogP contribution in [-0.2, 0) is 6.42 Å². The molecule has 23 heavy (non-hydrogen) atoms. The van der Waals surface area contributed by atoms with Gasteiger partial charge in [0.25, 0.3) is 0 Å². The second kappa shape index (κ2) is 6.31. The van der Waals surface area contributed by atoms with Crippen LogP contribution in [0, 0.1) is 0 Å². The summed E-state index contributed by atoms with van der Waals surface area (Å²) < 4.78 is 0. The fraction of sp³-hybridized carbons (Fsp3) is 0.562. The lowest BCUT2D eigenvalue weighted by atomic mass is 10.2. The number of fused-ring (bicyclic) bond motifs is 1. The topological polar surface area (TPSA) is 69.6 Å². The Labute approximate surface area is 139 Å². The van der Waals surface area contributed by atoms with E-state index in [0.29, 0.717) is 26.2 Å². The number of amides is 1. The Bertz CT molecular complexity index is 720. The van der Waals surface area contributed by atoms with Crippen molar-refractivity contribution in [3.8, 4) is 0 Å². The lowest BCUT2D eigenvalue weighted by Crippen LogP contribution is -2.48. The summed E-state index contributed by atoms with van der Waals surface area (Å²) in [5, 5.41) is 10.2. The summed E-state index contributed by atoms with van der Waals surface area (Å²) in [5.74, 6) is 2.09. The largest absolute Gasteiger partial charge is 0.465 e. The fourth-order valence-electron chi connectivity index (χ4n) is 2.76. The highest BCUT2D eigenvalue weighted by Crippen LogP contribution is 2.33. The lowest BCUT2D eigenvalue weighted by Gasteiger charge is -2.34. The smallest absolute Gasteiger partial charge is 0.407 e. The van der Waals surface area contributed by atoms with E-state index in [0.717, 1.165) is 28.3 Å². The summed E-state index contributed by atoms with van der Waals surface area (Å²) in [6.07, 6.45) is 0.147. The van der Waals surface area contributed by atoms with E-state index in [1.54, 1.807) is 11.3 Å². The molecule has 0 bridgehead atoms. The molecule has 3 rings (SSSR count). The summed E-state index contributed by atoms with van der Waals surface area (Å²) in [6.45, 7) is 8.72. The average Bonchev–Trinajstić information content (AvgIpc) is 2.97. The fourth-order valence-corrected chi connectivity index (χ4v) is 3.72. The molecule has 1 aliphatic rings. The summed E-state index contributed by atoms with van der Waals surface area (Å²) in [5.41, 5.74) is 0. The monoisotopic (exact) mass is 334 g/mol. The predicted molar refractivity (Wildman–Crippen MR) is 92.7 cm³/mol. The molecule has 0 aliphatic carbocycles. The number of nitrogens with zero attached hydrogens (tertiary/aromatic N) is 4. The molecule has 1 saturated heterocycles. The number of thiophene rings is 1. The van der Waals surface area contributed by atoms with E-state index in [1.165, 1.54) is 9.78 Å². The molecule has 0 spiro atoms. The van der Waals surface area contributed by atoms with Crippen LogP contribution < -0.4 is 4.90 Å². The van der Waals surface area contributed by atoms with Crippen LogP contribution >= 0.6 is 11.3 Å². The number of carbonyl (C=O) groups is 1. The summed E-state index contributed by atoms with van der Waals surface area (Å²) in [4.78, 5) is 26.6. The van der Waals surface area contributed by atoms with Crippen LogP contribution in [0.5, 0.6) is 0 Å². The van der Waals surface area contributed by atoms with Gasteiger partial charge in [-0.3, -0.25) is 0 Å². The number of hydrogen-bond acceptors (Lipinski definition) is 5. The normalized spacial score (nSPS) is 15.7. The minimum Gasteiger partial charge on any atom is -0.465 e. The number of hydrogen-bond donors (Lipinski definition) is 1. The molecule has 124 valence electrons. The molecule has 1 amide bonds. The Morgan fingerprint density at radius 3 is 2.57 bits per heavy atom. The third-order valence-corrected chi connectivity index (χ3v) is 5.33. The summed E-state index contributed by atoms with van der Waals surface area (Å²) in [7, 11) is 0. The zero-order chi connectivity index (χ0) is 16.6. The molecular formula is C16H22N4O2S. The second-order valence-corrected chi connectivity index (χ2v) is 7.22. The zero-order valence-electron chi connectivity index (χ0n) is 13.7. The van der Waals surface area contributed by atoms with E-state index >= 15 is 0 Å². The molecule has 1 N–H and O–H groups in total. The van der Waals surface area contributed by atoms with Gasteiger partial charge in [0.05, 0.1) is 5.39 Å². The zero-order valence-corrected chi connectivity index (χ0v) is 14.6. The minimum atomic E-state index is -0.843.